The molecular weight excluding hydrogens is 434 g/mol. The van der Waals surface area contributed by atoms with Crippen LogP contribution in [-0.2, 0) is 33.6 Å². The van der Waals surface area contributed by atoms with Gasteiger partial charge in [-0.05, 0) is 72.7 Å². The van der Waals surface area contributed by atoms with Gasteiger partial charge < -0.3 is 14.6 Å². The van der Waals surface area contributed by atoms with Crippen molar-refractivity contribution in [3.63, 3.8) is 0 Å². The number of nitrogens with zero attached hydrogens (tertiary/aromatic N) is 1. The molecule has 1 fully saturated rings. The number of ketones is 1. The number of furan rings is 1. The number of carbonyl (C=O) groups excluding carboxylic acids is 2. The number of fused-ring (bicyclic) bond motifs is 1. The summed E-state index contributed by atoms with van der Waals surface area (Å²) >= 11 is 0. The van der Waals surface area contributed by atoms with Crippen LogP contribution in [0, 0.1) is 0 Å². The average Bonchev–Trinajstić information content (AvgIpc) is 3.45. The minimum Gasteiger partial charge on any atom is -0.507 e. The Morgan fingerprint density at radius 1 is 0.971 bits per heavy atom. The van der Waals surface area contributed by atoms with E-state index in [4.69, 9.17) is 9.52 Å². The van der Waals surface area contributed by atoms with Crippen LogP contribution in [0.25, 0.3) is 5.76 Å². The van der Waals surface area contributed by atoms with Gasteiger partial charge >= 0.3 is 5.97 Å². The second kappa shape index (κ2) is 8.67. The highest BCUT2D eigenvalue weighted by atomic mass is 16.4. The van der Waals surface area contributed by atoms with E-state index >= 15 is 0 Å². The Morgan fingerprint density at radius 3 is 2.38 bits per heavy atom. The number of carboxylic acids is 1. The van der Waals surface area contributed by atoms with Crippen LogP contribution in [0.1, 0.15) is 46.9 Å². The van der Waals surface area contributed by atoms with Crippen LogP contribution in [-0.4, -0.2) is 27.9 Å². The number of amides is 1. The Morgan fingerprint density at radius 2 is 1.71 bits per heavy atom. The molecule has 0 bridgehead atoms. The van der Waals surface area contributed by atoms with Crippen molar-refractivity contribution >= 4 is 29.1 Å². The van der Waals surface area contributed by atoms with E-state index in [1.165, 1.54) is 16.7 Å². The SMILES string of the molecule is O=C(O)Cc1ccc(N2C(=O)C(=O)/C(=C(\O)c3ccc4c(c3)CCCC4)C2c2ccco2)cc1. The summed E-state index contributed by atoms with van der Waals surface area (Å²) in [6, 6.07) is 14.4. The number of rotatable bonds is 5. The molecule has 7 nitrogen and oxygen atoms in total. The van der Waals surface area contributed by atoms with Gasteiger partial charge in [0.25, 0.3) is 11.7 Å². The Bertz CT molecular complexity index is 1300. The topological polar surface area (TPSA) is 108 Å². The van der Waals surface area contributed by atoms with E-state index in [9.17, 15) is 19.5 Å². The van der Waals surface area contributed by atoms with E-state index in [0.29, 0.717) is 22.6 Å². The van der Waals surface area contributed by atoms with Gasteiger partial charge in [-0.3, -0.25) is 19.3 Å². The first-order chi connectivity index (χ1) is 16.4. The zero-order valence-electron chi connectivity index (χ0n) is 18.4. The van der Waals surface area contributed by atoms with Crippen molar-refractivity contribution in [2.75, 3.05) is 4.90 Å². The highest BCUT2D eigenvalue weighted by Gasteiger charge is 2.48. The summed E-state index contributed by atoms with van der Waals surface area (Å²) < 4.78 is 5.58. The van der Waals surface area contributed by atoms with Crippen molar-refractivity contribution in [3.05, 3.63) is 94.4 Å². The fourth-order valence-electron chi connectivity index (χ4n) is 4.80. The number of carboxylic acid groups (broad SMARTS) is 1. The van der Waals surface area contributed by atoms with Gasteiger partial charge in [-0.25, -0.2) is 0 Å². The van der Waals surface area contributed by atoms with Crippen LogP contribution >= 0.6 is 0 Å². The molecule has 5 rings (SSSR count). The van der Waals surface area contributed by atoms with E-state index in [2.05, 4.69) is 0 Å². The summed E-state index contributed by atoms with van der Waals surface area (Å²) in [6.07, 6.45) is 5.41. The Hall–Kier alpha value is -4.13. The molecule has 2 heterocycles. The minimum atomic E-state index is -0.964. The third-order valence-corrected chi connectivity index (χ3v) is 6.45. The number of anilines is 1. The molecule has 1 unspecified atom stereocenters. The van der Waals surface area contributed by atoms with Crippen molar-refractivity contribution in [3.8, 4) is 0 Å². The zero-order valence-corrected chi connectivity index (χ0v) is 18.4. The van der Waals surface area contributed by atoms with Crippen molar-refractivity contribution in [1.29, 1.82) is 0 Å². The molecule has 0 saturated carbocycles. The van der Waals surface area contributed by atoms with Gasteiger partial charge in [0.05, 0.1) is 18.3 Å². The summed E-state index contributed by atoms with van der Waals surface area (Å²) in [4.78, 5) is 38.6. The molecular formula is C27H23NO6. The lowest BCUT2D eigenvalue weighted by Crippen LogP contribution is -2.29. The number of aryl methyl sites for hydroxylation is 2. The van der Waals surface area contributed by atoms with Gasteiger partial charge in [-0.15, -0.1) is 0 Å². The summed E-state index contributed by atoms with van der Waals surface area (Å²) in [6.45, 7) is 0. The molecule has 34 heavy (non-hydrogen) atoms. The lowest BCUT2D eigenvalue weighted by atomic mass is 9.89. The molecule has 0 spiro atoms. The van der Waals surface area contributed by atoms with E-state index in [-0.39, 0.29) is 17.8 Å². The summed E-state index contributed by atoms with van der Waals surface area (Å²) in [5.41, 5.74) is 3.82. The van der Waals surface area contributed by atoms with Crippen LogP contribution in [0.2, 0.25) is 0 Å². The first-order valence-electron chi connectivity index (χ1n) is 11.2. The Kier molecular flexibility index (Phi) is 5.53. The third-order valence-electron chi connectivity index (χ3n) is 6.45. The highest BCUT2D eigenvalue weighted by Crippen LogP contribution is 2.42. The van der Waals surface area contributed by atoms with Crippen molar-refractivity contribution in [2.45, 2.75) is 38.1 Å². The van der Waals surface area contributed by atoms with E-state index in [1.54, 1.807) is 42.5 Å². The first-order valence-corrected chi connectivity index (χ1v) is 11.2. The number of aliphatic hydroxyl groups excluding tert-OH is 1. The van der Waals surface area contributed by atoms with Gasteiger partial charge in [-0.1, -0.05) is 24.3 Å². The smallest absolute Gasteiger partial charge is 0.307 e. The van der Waals surface area contributed by atoms with Gasteiger partial charge in [0.15, 0.2) is 0 Å². The van der Waals surface area contributed by atoms with Crippen molar-refractivity contribution in [1.82, 2.24) is 0 Å². The minimum absolute atomic E-state index is 0.0367. The van der Waals surface area contributed by atoms with Gasteiger partial charge in [0, 0.05) is 11.3 Å². The molecule has 1 aliphatic carbocycles. The molecule has 3 aromatic rings. The van der Waals surface area contributed by atoms with Crippen LogP contribution in [0.3, 0.4) is 0 Å². The standard InChI is InChI=1S/C27H23NO6/c29-22(30)14-16-7-11-20(12-8-16)28-24(21-6-3-13-34-21)23(26(32)27(28)33)25(31)19-10-9-17-4-1-2-5-18(17)15-19/h3,6-13,15,24,31H,1-2,4-5,14H2,(H,29,30)/b25-23-. The molecule has 2 aromatic carbocycles. The molecule has 1 saturated heterocycles. The normalized spacial score (nSPS) is 19.3. The van der Waals surface area contributed by atoms with Gasteiger partial charge in [-0.2, -0.15) is 0 Å². The predicted octanol–water partition coefficient (Wildman–Crippen LogP) is 4.41. The van der Waals surface area contributed by atoms with E-state index in [1.807, 2.05) is 12.1 Å². The maximum atomic E-state index is 13.2. The quantitative estimate of drug-likeness (QED) is 0.334. The maximum Gasteiger partial charge on any atom is 0.307 e. The Balaban J connectivity index is 1.61. The van der Waals surface area contributed by atoms with Crippen molar-refractivity contribution in [2.24, 2.45) is 0 Å². The molecule has 1 atom stereocenters. The maximum absolute atomic E-state index is 13.2. The molecule has 172 valence electrons. The number of benzene rings is 2. The van der Waals surface area contributed by atoms with Crippen LogP contribution < -0.4 is 4.90 Å². The molecule has 1 amide bonds. The van der Waals surface area contributed by atoms with Crippen LogP contribution in [0.15, 0.2) is 70.9 Å². The predicted molar refractivity (Wildman–Crippen MR) is 124 cm³/mol. The molecule has 7 heteroatoms. The van der Waals surface area contributed by atoms with Crippen LogP contribution in [0.5, 0.6) is 0 Å². The highest BCUT2D eigenvalue weighted by molar-refractivity contribution is 6.51. The third kappa shape index (κ3) is 3.79. The molecule has 2 N–H and O–H groups in total. The molecule has 0 radical (unpaired) electrons. The van der Waals surface area contributed by atoms with E-state index in [0.717, 1.165) is 31.2 Å². The fraction of sp³-hybridized carbons (Fsp3) is 0.222. The summed E-state index contributed by atoms with van der Waals surface area (Å²) in [5.74, 6) is -2.45. The van der Waals surface area contributed by atoms with Gasteiger partial charge in [0.1, 0.15) is 17.6 Å². The second-order valence-corrected chi connectivity index (χ2v) is 8.61. The first kappa shape index (κ1) is 21.7. The molecule has 1 aromatic heterocycles. The number of aliphatic hydroxyl groups is 1. The van der Waals surface area contributed by atoms with E-state index < -0.39 is 23.7 Å². The van der Waals surface area contributed by atoms with Gasteiger partial charge in [0.2, 0.25) is 0 Å². The van der Waals surface area contributed by atoms with Crippen LogP contribution in [0.4, 0.5) is 5.69 Å². The summed E-state index contributed by atoms with van der Waals surface area (Å²) in [7, 11) is 0. The summed E-state index contributed by atoms with van der Waals surface area (Å²) in [5, 5.41) is 20.3. The fourth-order valence-corrected chi connectivity index (χ4v) is 4.80. The second-order valence-electron chi connectivity index (χ2n) is 8.61. The lowest BCUT2D eigenvalue weighted by molar-refractivity contribution is -0.136. The number of carbonyl (C=O) groups is 3. The number of aliphatic carboxylic acids is 1. The number of hydrogen-bond acceptors (Lipinski definition) is 5. The number of Topliss-reactive ketones (excluding diaryl/α,β-unsaturated/α-hetero) is 1. The average molecular weight is 457 g/mol. The largest absolute Gasteiger partial charge is 0.507 e. The molecule has 1 aliphatic heterocycles. The lowest BCUT2D eigenvalue weighted by Gasteiger charge is -2.23. The number of hydrogen-bond donors (Lipinski definition) is 2. The zero-order chi connectivity index (χ0) is 23.8. The monoisotopic (exact) mass is 457 g/mol. The molecule has 2 aliphatic rings. The Labute approximate surface area is 195 Å². The van der Waals surface area contributed by atoms with Crippen molar-refractivity contribution < 1.29 is 29.0 Å².